The van der Waals surface area contributed by atoms with Crippen molar-refractivity contribution in [3.05, 3.63) is 38.3 Å². The van der Waals surface area contributed by atoms with Crippen LogP contribution in [0.2, 0.25) is 0 Å². The number of nitro benzene ring substituents is 1. The topological polar surface area (TPSA) is 63.5 Å². The summed E-state index contributed by atoms with van der Waals surface area (Å²) in [6, 6.07) is 4.59. The Balaban J connectivity index is 3.06. The first-order valence-corrected chi connectivity index (χ1v) is 6.92. The van der Waals surface area contributed by atoms with Crippen molar-refractivity contribution < 1.29 is 9.72 Å². The SMILES string of the molecule is CCC(CC)N(C)C(=O)c1ccc(Br)c([N+](=O)[O-])c1. The number of carbonyl (C=O) groups is 1. The maximum Gasteiger partial charge on any atom is 0.284 e. The molecule has 0 aromatic heterocycles. The molecule has 0 aliphatic carbocycles. The van der Waals surface area contributed by atoms with Crippen LogP contribution in [0.3, 0.4) is 0 Å². The molecule has 1 aromatic rings. The van der Waals surface area contributed by atoms with Gasteiger partial charge in [-0.2, -0.15) is 0 Å². The zero-order valence-electron chi connectivity index (χ0n) is 11.2. The van der Waals surface area contributed by atoms with Crippen molar-refractivity contribution >= 4 is 27.5 Å². The zero-order chi connectivity index (χ0) is 14.6. The maximum atomic E-state index is 12.3. The van der Waals surface area contributed by atoms with Crippen molar-refractivity contribution in [3.8, 4) is 0 Å². The molecule has 0 N–H and O–H groups in total. The minimum Gasteiger partial charge on any atom is -0.339 e. The summed E-state index contributed by atoms with van der Waals surface area (Å²) in [5, 5.41) is 10.9. The first kappa shape index (κ1) is 15.6. The summed E-state index contributed by atoms with van der Waals surface area (Å²) in [6.45, 7) is 4.03. The van der Waals surface area contributed by atoms with Crippen LogP contribution in [0.1, 0.15) is 37.0 Å². The lowest BCUT2D eigenvalue weighted by molar-refractivity contribution is -0.385. The summed E-state index contributed by atoms with van der Waals surface area (Å²) in [5.74, 6) is -0.190. The molecule has 0 saturated heterocycles. The van der Waals surface area contributed by atoms with E-state index in [1.807, 2.05) is 13.8 Å². The summed E-state index contributed by atoms with van der Waals surface area (Å²) in [6.07, 6.45) is 1.72. The minimum atomic E-state index is -0.502. The molecule has 0 bridgehead atoms. The second-order valence-corrected chi connectivity index (χ2v) is 5.16. The monoisotopic (exact) mass is 328 g/mol. The second-order valence-electron chi connectivity index (χ2n) is 4.31. The Bertz CT molecular complexity index is 487. The standard InChI is InChI=1S/C13H17BrN2O3/c1-4-10(5-2)15(3)13(17)9-6-7-11(14)12(8-9)16(18)19/h6-8,10H,4-5H2,1-3H3. The van der Waals surface area contributed by atoms with E-state index in [1.54, 1.807) is 18.0 Å². The zero-order valence-corrected chi connectivity index (χ0v) is 12.8. The highest BCUT2D eigenvalue weighted by atomic mass is 79.9. The van der Waals surface area contributed by atoms with Crippen LogP contribution in [-0.2, 0) is 0 Å². The number of carbonyl (C=O) groups excluding carboxylic acids is 1. The van der Waals surface area contributed by atoms with Gasteiger partial charge in [0.1, 0.15) is 0 Å². The molecule has 0 saturated carbocycles. The minimum absolute atomic E-state index is 0.0937. The summed E-state index contributed by atoms with van der Waals surface area (Å²) >= 11 is 3.11. The lowest BCUT2D eigenvalue weighted by atomic mass is 10.1. The Morgan fingerprint density at radius 1 is 1.42 bits per heavy atom. The van der Waals surface area contributed by atoms with E-state index in [0.717, 1.165) is 12.8 Å². The lowest BCUT2D eigenvalue weighted by Gasteiger charge is -2.26. The van der Waals surface area contributed by atoms with E-state index >= 15 is 0 Å². The normalized spacial score (nSPS) is 10.6. The highest BCUT2D eigenvalue weighted by molar-refractivity contribution is 9.10. The molecule has 0 heterocycles. The third kappa shape index (κ3) is 3.53. The van der Waals surface area contributed by atoms with Crippen molar-refractivity contribution in [1.82, 2.24) is 4.90 Å². The van der Waals surface area contributed by atoms with Crippen LogP contribution in [0.5, 0.6) is 0 Å². The summed E-state index contributed by atoms with van der Waals surface area (Å²) in [5.41, 5.74) is 0.244. The van der Waals surface area contributed by atoms with Crippen molar-refractivity contribution in [3.63, 3.8) is 0 Å². The van der Waals surface area contributed by atoms with E-state index in [0.29, 0.717) is 10.0 Å². The van der Waals surface area contributed by atoms with Crippen molar-refractivity contribution in [1.29, 1.82) is 0 Å². The second kappa shape index (κ2) is 6.65. The van der Waals surface area contributed by atoms with Gasteiger partial charge in [-0.3, -0.25) is 14.9 Å². The molecular weight excluding hydrogens is 312 g/mol. The van der Waals surface area contributed by atoms with Gasteiger partial charge in [0.25, 0.3) is 11.6 Å². The number of nitrogens with zero attached hydrogens (tertiary/aromatic N) is 2. The van der Waals surface area contributed by atoms with Crippen molar-refractivity contribution in [2.75, 3.05) is 7.05 Å². The molecule has 0 radical (unpaired) electrons. The van der Waals surface area contributed by atoms with Gasteiger partial charge in [0.05, 0.1) is 9.40 Å². The predicted molar refractivity (Wildman–Crippen MR) is 77.3 cm³/mol. The van der Waals surface area contributed by atoms with Crippen LogP contribution in [-0.4, -0.2) is 28.8 Å². The van der Waals surface area contributed by atoms with E-state index in [9.17, 15) is 14.9 Å². The molecule has 1 rings (SSSR count). The summed E-state index contributed by atoms with van der Waals surface area (Å²) < 4.78 is 0.374. The molecule has 0 fully saturated rings. The Kier molecular flexibility index (Phi) is 5.47. The Morgan fingerprint density at radius 3 is 2.47 bits per heavy atom. The van der Waals surface area contributed by atoms with Crippen LogP contribution < -0.4 is 0 Å². The van der Waals surface area contributed by atoms with Gasteiger partial charge in [0.2, 0.25) is 0 Å². The molecule has 0 atom stereocenters. The molecule has 19 heavy (non-hydrogen) atoms. The molecule has 0 aliphatic rings. The van der Waals surface area contributed by atoms with Crippen LogP contribution in [0, 0.1) is 10.1 Å². The number of hydrogen-bond donors (Lipinski definition) is 0. The van der Waals surface area contributed by atoms with E-state index in [2.05, 4.69) is 15.9 Å². The van der Waals surface area contributed by atoms with Crippen LogP contribution >= 0.6 is 15.9 Å². The highest BCUT2D eigenvalue weighted by Crippen LogP contribution is 2.26. The molecular formula is C13H17BrN2O3. The Morgan fingerprint density at radius 2 is 2.00 bits per heavy atom. The quantitative estimate of drug-likeness (QED) is 0.612. The maximum absolute atomic E-state index is 12.3. The Labute approximate surface area is 120 Å². The first-order valence-electron chi connectivity index (χ1n) is 6.13. The number of benzene rings is 1. The third-order valence-corrected chi connectivity index (χ3v) is 3.87. The largest absolute Gasteiger partial charge is 0.339 e. The van der Waals surface area contributed by atoms with Gasteiger partial charge in [0.15, 0.2) is 0 Å². The van der Waals surface area contributed by atoms with E-state index in [1.165, 1.54) is 12.1 Å². The average Bonchev–Trinajstić information content (AvgIpc) is 2.39. The number of amides is 1. The molecule has 0 aliphatic heterocycles. The van der Waals surface area contributed by atoms with Gasteiger partial charge < -0.3 is 4.90 Å². The van der Waals surface area contributed by atoms with Crippen molar-refractivity contribution in [2.24, 2.45) is 0 Å². The van der Waals surface area contributed by atoms with Gasteiger partial charge >= 0.3 is 0 Å². The highest BCUT2D eigenvalue weighted by Gasteiger charge is 2.21. The van der Waals surface area contributed by atoms with Crippen molar-refractivity contribution in [2.45, 2.75) is 32.7 Å². The van der Waals surface area contributed by atoms with Gasteiger partial charge in [-0.25, -0.2) is 0 Å². The number of nitro groups is 1. The van der Waals surface area contributed by atoms with Gasteiger partial charge in [-0.05, 0) is 40.9 Å². The molecule has 1 aromatic carbocycles. The smallest absolute Gasteiger partial charge is 0.284 e. The molecule has 1 amide bonds. The fourth-order valence-corrected chi connectivity index (χ4v) is 2.38. The molecule has 104 valence electrons. The first-order chi connectivity index (χ1) is 8.92. The van der Waals surface area contributed by atoms with E-state index < -0.39 is 4.92 Å². The third-order valence-electron chi connectivity index (χ3n) is 3.20. The Hall–Kier alpha value is -1.43. The molecule has 0 spiro atoms. The average molecular weight is 329 g/mol. The lowest BCUT2D eigenvalue weighted by Crippen LogP contribution is -2.36. The summed E-state index contributed by atoms with van der Waals surface area (Å²) in [7, 11) is 1.73. The number of halogens is 1. The predicted octanol–water partition coefficient (Wildman–Crippen LogP) is 3.62. The van der Waals surface area contributed by atoms with E-state index in [-0.39, 0.29) is 17.6 Å². The summed E-state index contributed by atoms with van der Waals surface area (Å²) in [4.78, 5) is 24.3. The molecule has 5 nitrogen and oxygen atoms in total. The number of hydrogen-bond acceptors (Lipinski definition) is 3. The van der Waals surface area contributed by atoms with Gasteiger partial charge in [0, 0.05) is 24.7 Å². The molecule has 0 unspecified atom stereocenters. The fourth-order valence-electron chi connectivity index (χ4n) is 1.99. The van der Waals surface area contributed by atoms with Gasteiger partial charge in [-0.15, -0.1) is 0 Å². The molecule has 6 heteroatoms. The fraction of sp³-hybridized carbons (Fsp3) is 0.462. The van der Waals surface area contributed by atoms with E-state index in [4.69, 9.17) is 0 Å². The van der Waals surface area contributed by atoms with Crippen LogP contribution in [0.4, 0.5) is 5.69 Å². The number of rotatable bonds is 5. The van der Waals surface area contributed by atoms with Crippen LogP contribution in [0.25, 0.3) is 0 Å². The van der Waals surface area contributed by atoms with Gasteiger partial charge in [-0.1, -0.05) is 13.8 Å². The van der Waals surface area contributed by atoms with Crippen LogP contribution in [0.15, 0.2) is 22.7 Å².